The Morgan fingerprint density at radius 1 is 1.50 bits per heavy atom. The second-order valence-corrected chi connectivity index (χ2v) is 4.49. The zero-order valence-electron chi connectivity index (χ0n) is 9.23. The highest BCUT2D eigenvalue weighted by Crippen LogP contribution is 2.29. The summed E-state index contributed by atoms with van der Waals surface area (Å²) in [6, 6.07) is 0.130. The first-order valence-corrected chi connectivity index (χ1v) is 5.03. The SMILES string of the molecule is C=CC(C)(C)[C@H](C)[C@@H](C)NNC(=O)Cl. The van der Waals surface area contributed by atoms with Crippen molar-refractivity contribution in [3.63, 3.8) is 0 Å². The predicted octanol–water partition coefficient (Wildman–Crippen LogP) is 2.68. The summed E-state index contributed by atoms with van der Waals surface area (Å²) in [5.74, 6) is 0.337. The lowest BCUT2D eigenvalue weighted by atomic mass is 9.76. The van der Waals surface area contributed by atoms with Crippen molar-refractivity contribution in [1.82, 2.24) is 10.9 Å². The Bertz CT molecular complexity index is 216. The Hall–Kier alpha value is -0.540. The van der Waals surface area contributed by atoms with Gasteiger partial charge in [0.1, 0.15) is 0 Å². The molecular weight excluding hydrogens is 200 g/mol. The van der Waals surface area contributed by atoms with E-state index in [-0.39, 0.29) is 11.5 Å². The van der Waals surface area contributed by atoms with Gasteiger partial charge in [-0.05, 0) is 29.9 Å². The molecule has 0 radical (unpaired) electrons. The normalized spacial score (nSPS) is 15.8. The van der Waals surface area contributed by atoms with Gasteiger partial charge in [0.2, 0.25) is 0 Å². The maximum atomic E-state index is 10.5. The zero-order valence-corrected chi connectivity index (χ0v) is 9.98. The standard InChI is InChI=1S/C10H19ClN2O/c1-6-10(4,5)7(2)8(3)12-13-9(11)14/h6-8,12H,1H2,2-5H3,(H,13,14)/t7-,8-/m1/s1. The molecule has 0 aliphatic heterocycles. The van der Waals surface area contributed by atoms with Crippen LogP contribution in [0.5, 0.6) is 0 Å². The van der Waals surface area contributed by atoms with Crippen LogP contribution in [-0.2, 0) is 0 Å². The van der Waals surface area contributed by atoms with E-state index in [2.05, 4.69) is 38.2 Å². The maximum Gasteiger partial charge on any atom is 0.327 e. The van der Waals surface area contributed by atoms with E-state index in [1.807, 2.05) is 13.0 Å². The molecule has 1 amide bonds. The number of rotatable bonds is 5. The highest BCUT2D eigenvalue weighted by molar-refractivity contribution is 6.62. The van der Waals surface area contributed by atoms with Gasteiger partial charge in [-0.1, -0.05) is 26.8 Å². The Kier molecular flexibility index (Phi) is 5.16. The molecule has 0 aromatic rings. The molecule has 0 bridgehead atoms. The highest BCUT2D eigenvalue weighted by atomic mass is 35.5. The third-order valence-electron chi connectivity index (χ3n) is 2.85. The van der Waals surface area contributed by atoms with Crippen LogP contribution in [0.1, 0.15) is 27.7 Å². The molecule has 82 valence electrons. The lowest BCUT2D eigenvalue weighted by Crippen LogP contribution is -2.46. The minimum Gasteiger partial charge on any atom is -0.278 e. The summed E-state index contributed by atoms with van der Waals surface area (Å²) in [6.45, 7) is 12.1. The van der Waals surface area contributed by atoms with Crippen molar-refractivity contribution in [3.05, 3.63) is 12.7 Å². The second kappa shape index (κ2) is 5.37. The molecule has 4 heteroatoms. The third kappa shape index (κ3) is 4.11. The lowest BCUT2D eigenvalue weighted by molar-refractivity contribution is 0.219. The topological polar surface area (TPSA) is 41.1 Å². The number of allylic oxidation sites excluding steroid dienone is 1. The van der Waals surface area contributed by atoms with Gasteiger partial charge in [0, 0.05) is 6.04 Å². The van der Waals surface area contributed by atoms with E-state index in [1.54, 1.807) is 0 Å². The van der Waals surface area contributed by atoms with Gasteiger partial charge >= 0.3 is 5.37 Å². The average molecular weight is 219 g/mol. The van der Waals surface area contributed by atoms with Gasteiger partial charge in [-0.25, -0.2) is 5.43 Å². The molecule has 3 nitrogen and oxygen atoms in total. The third-order valence-corrected chi connectivity index (χ3v) is 2.94. The number of nitrogens with one attached hydrogen (secondary N) is 2. The lowest BCUT2D eigenvalue weighted by Gasteiger charge is -2.33. The van der Waals surface area contributed by atoms with Crippen LogP contribution in [-0.4, -0.2) is 11.4 Å². The fraction of sp³-hybridized carbons (Fsp3) is 0.700. The second-order valence-electron chi connectivity index (χ2n) is 4.15. The average Bonchev–Trinajstić information content (AvgIpc) is 2.12. The molecular formula is C10H19ClN2O. The van der Waals surface area contributed by atoms with Crippen LogP contribution < -0.4 is 10.9 Å². The zero-order chi connectivity index (χ0) is 11.4. The number of amides is 1. The van der Waals surface area contributed by atoms with Gasteiger partial charge in [-0.15, -0.1) is 6.58 Å². The van der Waals surface area contributed by atoms with E-state index < -0.39 is 5.37 Å². The number of hydrogen-bond donors (Lipinski definition) is 2. The number of carbonyl (C=O) groups is 1. The number of hydrazine groups is 1. The van der Waals surface area contributed by atoms with Crippen molar-refractivity contribution in [2.45, 2.75) is 33.7 Å². The maximum absolute atomic E-state index is 10.5. The molecule has 0 spiro atoms. The summed E-state index contributed by atoms with van der Waals surface area (Å²) in [5, 5.41) is -0.597. The predicted molar refractivity (Wildman–Crippen MR) is 60.1 cm³/mol. The first-order chi connectivity index (χ1) is 6.31. The number of halogens is 1. The summed E-state index contributed by atoms with van der Waals surface area (Å²) in [4.78, 5) is 10.5. The van der Waals surface area contributed by atoms with E-state index in [4.69, 9.17) is 11.6 Å². The van der Waals surface area contributed by atoms with Crippen LogP contribution in [0, 0.1) is 11.3 Å². The minimum atomic E-state index is -0.597. The Morgan fingerprint density at radius 3 is 2.36 bits per heavy atom. The largest absolute Gasteiger partial charge is 0.327 e. The van der Waals surface area contributed by atoms with Crippen LogP contribution in [0.4, 0.5) is 4.79 Å². The van der Waals surface area contributed by atoms with Gasteiger partial charge in [-0.2, -0.15) is 0 Å². The molecule has 0 aromatic carbocycles. The van der Waals surface area contributed by atoms with E-state index in [0.717, 1.165) is 0 Å². The van der Waals surface area contributed by atoms with Crippen molar-refractivity contribution >= 4 is 17.0 Å². The van der Waals surface area contributed by atoms with Crippen molar-refractivity contribution in [2.24, 2.45) is 11.3 Å². The quantitative estimate of drug-likeness (QED) is 0.323. The van der Waals surface area contributed by atoms with Gasteiger partial charge in [-0.3, -0.25) is 10.2 Å². The summed E-state index contributed by atoms with van der Waals surface area (Å²) in [7, 11) is 0. The number of carbonyl (C=O) groups excluding carboxylic acids is 1. The molecule has 0 saturated carbocycles. The molecule has 0 aliphatic rings. The Morgan fingerprint density at radius 2 is 2.00 bits per heavy atom. The summed E-state index contributed by atoms with van der Waals surface area (Å²) in [5.41, 5.74) is 5.22. The fourth-order valence-electron chi connectivity index (χ4n) is 1.13. The summed E-state index contributed by atoms with van der Waals surface area (Å²) in [6.07, 6.45) is 1.92. The van der Waals surface area contributed by atoms with Gasteiger partial charge in [0.25, 0.3) is 0 Å². The Balaban J connectivity index is 4.17. The van der Waals surface area contributed by atoms with E-state index >= 15 is 0 Å². The summed E-state index contributed by atoms with van der Waals surface area (Å²) < 4.78 is 0. The molecule has 0 fully saturated rings. The van der Waals surface area contributed by atoms with Gasteiger partial charge in [0.05, 0.1) is 0 Å². The molecule has 0 unspecified atom stereocenters. The summed E-state index contributed by atoms with van der Waals surface area (Å²) >= 11 is 5.14. The van der Waals surface area contributed by atoms with Gasteiger partial charge in [0.15, 0.2) is 0 Å². The van der Waals surface area contributed by atoms with E-state index in [9.17, 15) is 4.79 Å². The van der Waals surface area contributed by atoms with Crippen molar-refractivity contribution in [2.75, 3.05) is 0 Å². The molecule has 14 heavy (non-hydrogen) atoms. The molecule has 0 aliphatic carbocycles. The van der Waals surface area contributed by atoms with Crippen LogP contribution in [0.2, 0.25) is 0 Å². The molecule has 0 heterocycles. The first kappa shape index (κ1) is 13.5. The fourth-order valence-corrected chi connectivity index (χ4v) is 1.18. The minimum absolute atomic E-state index is 0.0173. The monoisotopic (exact) mass is 218 g/mol. The molecule has 2 N–H and O–H groups in total. The molecule has 0 aromatic heterocycles. The van der Waals surface area contributed by atoms with Crippen LogP contribution in [0.25, 0.3) is 0 Å². The number of hydrogen-bond acceptors (Lipinski definition) is 2. The van der Waals surface area contributed by atoms with Crippen molar-refractivity contribution in [3.8, 4) is 0 Å². The Labute approximate surface area is 90.9 Å². The first-order valence-electron chi connectivity index (χ1n) is 4.66. The van der Waals surface area contributed by atoms with E-state index in [0.29, 0.717) is 5.92 Å². The van der Waals surface area contributed by atoms with E-state index in [1.165, 1.54) is 0 Å². The molecule has 0 rings (SSSR count). The smallest absolute Gasteiger partial charge is 0.278 e. The highest BCUT2D eigenvalue weighted by Gasteiger charge is 2.27. The van der Waals surface area contributed by atoms with Crippen molar-refractivity contribution < 1.29 is 4.79 Å². The molecule has 0 saturated heterocycles. The molecule has 2 atom stereocenters. The van der Waals surface area contributed by atoms with Gasteiger partial charge < -0.3 is 0 Å². The van der Waals surface area contributed by atoms with Crippen LogP contribution >= 0.6 is 11.6 Å². The van der Waals surface area contributed by atoms with Crippen LogP contribution in [0.3, 0.4) is 0 Å². The van der Waals surface area contributed by atoms with Crippen molar-refractivity contribution in [1.29, 1.82) is 0 Å². The van der Waals surface area contributed by atoms with Crippen LogP contribution in [0.15, 0.2) is 12.7 Å².